The van der Waals surface area contributed by atoms with Gasteiger partial charge in [0.15, 0.2) is 5.72 Å². The van der Waals surface area contributed by atoms with Gasteiger partial charge < -0.3 is 20.5 Å². The topological polar surface area (TPSA) is 75.8 Å². The zero-order chi connectivity index (χ0) is 15.7. The number of nitrogens with zero attached hydrogens (tertiary/aromatic N) is 1. The van der Waals surface area contributed by atoms with Gasteiger partial charge in [-0.2, -0.15) is 0 Å². The lowest BCUT2D eigenvalue weighted by molar-refractivity contribution is -0.0570. The molecule has 2 aromatic rings. The number of hydrogen-bond acceptors (Lipinski definition) is 4. The van der Waals surface area contributed by atoms with Crippen molar-refractivity contribution in [1.82, 2.24) is 4.90 Å². The van der Waals surface area contributed by atoms with Crippen LogP contribution in [0.5, 0.6) is 0 Å². The lowest BCUT2D eigenvalue weighted by atomic mass is 9.93. The minimum absolute atomic E-state index is 0.245. The van der Waals surface area contributed by atoms with Crippen LogP contribution in [0.25, 0.3) is 0 Å². The van der Waals surface area contributed by atoms with Crippen molar-refractivity contribution in [2.45, 2.75) is 5.72 Å². The molecule has 3 rings (SSSR count). The Hall–Kier alpha value is -2.37. The van der Waals surface area contributed by atoms with Crippen LogP contribution in [0.2, 0.25) is 0 Å². The average Bonchev–Trinajstić information content (AvgIpc) is 2.75. The molecule has 1 unspecified atom stereocenters. The highest BCUT2D eigenvalue weighted by molar-refractivity contribution is 6.01. The summed E-state index contributed by atoms with van der Waals surface area (Å²) in [5, 5.41) is 11.4. The Morgan fingerprint density at radius 3 is 2.64 bits per heavy atom. The van der Waals surface area contributed by atoms with Crippen LogP contribution in [0.4, 0.5) is 5.69 Å². The molecule has 1 atom stereocenters. The Morgan fingerprint density at radius 2 is 1.95 bits per heavy atom. The number of fused-ring (bicyclic) bond motifs is 1. The van der Waals surface area contributed by atoms with Gasteiger partial charge in [-0.3, -0.25) is 4.79 Å². The van der Waals surface area contributed by atoms with Crippen molar-refractivity contribution in [2.24, 2.45) is 0 Å². The standard InChI is InChI=1S/C17H18N2O3/c1-22-10-9-19-16(20)14-11-13(18)7-8-15(14)17(19,21)12-5-3-2-4-6-12/h2-8,11,21H,9-10,18H2,1H3. The predicted octanol–water partition coefficient (Wildman–Crippen LogP) is 1.56. The number of hydrogen-bond donors (Lipinski definition) is 2. The van der Waals surface area contributed by atoms with Crippen molar-refractivity contribution in [2.75, 3.05) is 26.0 Å². The molecule has 1 aliphatic heterocycles. The van der Waals surface area contributed by atoms with E-state index in [1.807, 2.05) is 18.2 Å². The highest BCUT2D eigenvalue weighted by atomic mass is 16.5. The van der Waals surface area contributed by atoms with Crippen LogP contribution in [0, 0.1) is 0 Å². The average molecular weight is 298 g/mol. The number of methoxy groups -OCH3 is 1. The molecule has 3 N–H and O–H groups in total. The minimum atomic E-state index is -1.50. The van der Waals surface area contributed by atoms with Gasteiger partial charge in [0.25, 0.3) is 5.91 Å². The predicted molar refractivity (Wildman–Crippen MR) is 83.2 cm³/mol. The zero-order valence-corrected chi connectivity index (χ0v) is 12.3. The number of amides is 1. The Balaban J connectivity index is 2.17. The van der Waals surface area contributed by atoms with Crippen LogP contribution >= 0.6 is 0 Å². The van der Waals surface area contributed by atoms with Crippen molar-refractivity contribution in [3.63, 3.8) is 0 Å². The molecule has 0 aliphatic carbocycles. The van der Waals surface area contributed by atoms with Crippen LogP contribution in [0.3, 0.4) is 0 Å². The van der Waals surface area contributed by atoms with Crippen molar-refractivity contribution >= 4 is 11.6 Å². The van der Waals surface area contributed by atoms with E-state index >= 15 is 0 Å². The third-order valence-electron chi connectivity index (χ3n) is 3.98. The maximum atomic E-state index is 12.7. The van der Waals surface area contributed by atoms with Gasteiger partial charge in [0.2, 0.25) is 0 Å². The summed E-state index contributed by atoms with van der Waals surface area (Å²) in [6, 6.07) is 14.2. The highest BCUT2D eigenvalue weighted by Gasteiger charge is 2.49. The van der Waals surface area contributed by atoms with Gasteiger partial charge in [-0.15, -0.1) is 0 Å². The summed E-state index contributed by atoms with van der Waals surface area (Å²) in [6.45, 7) is 0.625. The normalized spacial score (nSPS) is 20.3. The van der Waals surface area contributed by atoms with E-state index in [4.69, 9.17) is 10.5 Å². The van der Waals surface area contributed by atoms with Crippen LogP contribution in [-0.4, -0.2) is 36.2 Å². The number of carbonyl (C=O) groups excluding carboxylic acids is 1. The van der Waals surface area contributed by atoms with Crippen LogP contribution in [-0.2, 0) is 10.5 Å². The summed E-state index contributed by atoms with van der Waals surface area (Å²) in [4.78, 5) is 14.1. The summed E-state index contributed by atoms with van der Waals surface area (Å²) in [5.74, 6) is -0.245. The number of rotatable bonds is 4. The SMILES string of the molecule is COCCN1C(=O)c2cc(N)ccc2C1(O)c1ccccc1. The molecule has 1 amide bonds. The van der Waals surface area contributed by atoms with Crippen LogP contribution in [0.1, 0.15) is 21.5 Å². The molecule has 2 aromatic carbocycles. The first-order valence-corrected chi connectivity index (χ1v) is 7.08. The molecular formula is C17H18N2O3. The quantitative estimate of drug-likeness (QED) is 0.840. The monoisotopic (exact) mass is 298 g/mol. The van der Waals surface area contributed by atoms with E-state index in [1.54, 1.807) is 37.4 Å². The van der Waals surface area contributed by atoms with Crippen molar-refractivity contribution in [3.8, 4) is 0 Å². The summed E-state index contributed by atoms with van der Waals surface area (Å²) in [7, 11) is 1.56. The summed E-state index contributed by atoms with van der Waals surface area (Å²) >= 11 is 0. The van der Waals surface area contributed by atoms with Gasteiger partial charge >= 0.3 is 0 Å². The number of aliphatic hydroxyl groups is 1. The van der Waals surface area contributed by atoms with Crippen molar-refractivity contribution in [3.05, 3.63) is 65.2 Å². The molecule has 0 bridgehead atoms. The molecule has 22 heavy (non-hydrogen) atoms. The lowest BCUT2D eigenvalue weighted by Gasteiger charge is -2.34. The van der Waals surface area contributed by atoms with Gasteiger partial charge in [0.05, 0.1) is 12.2 Å². The van der Waals surface area contributed by atoms with Gasteiger partial charge in [-0.05, 0) is 12.1 Å². The molecule has 5 heteroatoms. The second-order valence-electron chi connectivity index (χ2n) is 5.29. The Bertz CT molecular complexity index is 702. The first-order valence-electron chi connectivity index (χ1n) is 7.08. The minimum Gasteiger partial charge on any atom is -0.399 e. The Kier molecular flexibility index (Phi) is 3.60. The molecule has 5 nitrogen and oxygen atoms in total. The van der Waals surface area contributed by atoms with Crippen LogP contribution in [0.15, 0.2) is 48.5 Å². The fourth-order valence-electron chi connectivity index (χ4n) is 2.91. The maximum absolute atomic E-state index is 12.7. The number of nitrogens with two attached hydrogens (primary N) is 1. The van der Waals surface area contributed by atoms with E-state index in [9.17, 15) is 9.90 Å². The third kappa shape index (κ3) is 2.06. The molecule has 114 valence electrons. The second kappa shape index (κ2) is 5.44. The van der Waals surface area contributed by atoms with Gasteiger partial charge in [-0.25, -0.2) is 0 Å². The van der Waals surface area contributed by atoms with Crippen molar-refractivity contribution in [1.29, 1.82) is 0 Å². The largest absolute Gasteiger partial charge is 0.399 e. The highest BCUT2D eigenvalue weighted by Crippen LogP contribution is 2.42. The number of benzene rings is 2. The van der Waals surface area contributed by atoms with E-state index in [0.717, 1.165) is 0 Å². The summed E-state index contributed by atoms with van der Waals surface area (Å²) in [6.07, 6.45) is 0. The van der Waals surface area contributed by atoms with E-state index in [2.05, 4.69) is 0 Å². The molecule has 0 radical (unpaired) electrons. The Labute approximate surface area is 128 Å². The fourth-order valence-corrected chi connectivity index (χ4v) is 2.91. The molecule has 0 saturated carbocycles. The maximum Gasteiger partial charge on any atom is 0.257 e. The van der Waals surface area contributed by atoms with Gasteiger partial charge in [-0.1, -0.05) is 36.4 Å². The zero-order valence-electron chi connectivity index (χ0n) is 12.3. The second-order valence-corrected chi connectivity index (χ2v) is 5.29. The van der Waals surface area contributed by atoms with E-state index in [1.165, 1.54) is 4.90 Å². The third-order valence-corrected chi connectivity index (χ3v) is 3.98. The molecule has 0 fully saturated rings. The first-order chi connectivity index (χ1) is 10.6. The Morgan fingerprint density at radius 1 is 1.23 bits per heavy atom. The van der Waals surface area contributed by atoms with Crippen molar-refractivity contribution < 1.29 is 14.6 Å². The first kappa shape index (κ1) is 14.6. The summed E-state index contributed by atoms with van der Waals surface area (Å²) < 4.78 is 5.07. The molecule has 0 spiro atoms. The van der Waals surface area contributed by atoms with Crippen LogP contribution < -0.4 is 5.73 Å². The number of anilines is 1. The number of ether oxygens (including phenoxy) is 1. The molecule has 0 saturated heterocycles. The molecule has 1 heterocycles. The molecular weight excluding hydrogens is 280 g/mol. The van der Waals surface area contributed by atoms with E-state index in [-0.39, 0.29) is 12.5 Å². The van der Waals surface area contributed by atoms with E-state index in [0.29, 0.717) is 29.0 Å². The van der Waals surface area contributed by atoms with Gasteiger partial charge in [0.1, 0.15) is 0 Å². The number of nitrogen functional groups attached to an aromatic ring is 1. The molecule has 0 aromatic heterocycles. The smallest absolute Gasteiger partial charge is 0.257 e. The fraction of sp³-hybridized carbons (Fsp3) is 0.235. The lowest BCUT2D eigenvalue weighted by Crippen LogP contribution is -2.46. The van der Waals surface area contributed by atoms with Gasteiger partial charge in [0, 0.05) is 30.5 Å². The molecule has 1 aliphatic rings. The van der Waals surface area contributed by atoms with E-state index < -0.39 is 5.72 Å². The summed E-state index contributed by atoms with van der Waals surface area (Å²) in [5.41, 5.74) is 6.41. The number of carbonyl (C=O) groups is 1.